The molecule has 2 unspecified atom stereocenters. The highest BCUT2D eigenvalue weighted by Gasteiger charge is 2.35. The Morgan fingerprint density at radius 1 is 0.946 bits per heavy atom. The summed E-state index contributed by atoms with van der Waals surface area (Å²) in [5.74, 6) is 0.497. The smallest absolute Gasteiger partial charge is 0.306 e. The molecule has 192 valence electrons. The SMILES string of the molecule is C1=Cc2ccccc2C1.CNC(=O)c1ccc(CC2Cc3ccccc3C2OC(=O)CCC(C)C)cc1. The van der Waals surface area contributed by atoms with Gasteiger partial charge in [-0.3, -0.25) is 9.59 Å². The van der Waals surface area contributed by atoms with Crippen molar-refractivity contribution in [2.24, 2.45) is 11.8 Å². The van der Waals surface area contributed by atoms with Crippen molar-refractivity contribution in [1.29, 1.82) is 0 Å². The van der Waals surface area contributed by atoms with Crippen LogP contribution in [0, 0.1) is 11.8 Å². The maximum absolute atomic E-state index is 12.4. The van der Waals surface area contributed by atoms with Crippen molar-refractivity contribution < 1.29 is 14.3 Å². The van der Waals surface area contributed by atoms with Gasteiger partial charge in [-0.05, 0) is 71.6 Å². The van der Waals surface area contributed by atoms with Crippen LogP contribution in [-0.4, -0.2) is 18.9 Å². The van der Waals surface area contributed by atoms with Gasteiger partial charge in [0.15, 0.2) is 0 Å². The first kappa shape index (κ1) is 26.4. The van der Waals surface area contributed by atoms with Gasteiger partial charge in [-0.2, -0.15) is 0 Å². The fraction of sp³-hybridized carbons (Fsp3) is 0.333. The molecule has 0 aromatic heterocycles. The molecule has 0 heterocycles. The lowest BCUT2D eigenvalue weighted by molar-refractivity contribution is -0.152. The molecule has 2 atom stereocenters. The van der Waals surface area contributed by atoms with Crippen molar-refractivity contribution in [3.63, 3.8) is 0 Å². The molecule has 0 spiro atoms. The Morgan fingerprint density at radius 2 is 1.65 bits per heavy atom. The van der Waals surface area contributed by atoms with Crippen molar-refractivity contribution >= 4 is 18.0 Å². The lowest BCUT2D eigenvalue weighted by Gasteiger charge is -2.21. The van der Waals surface area contributed by atoms with E-state index in [1.165, 1.54) is 16.7 Å². The van der Waals surface area contributed by atoms with Crippen molar-refractivity contribution in [3.05, 3.63) is 112 Å². The number of rotatable bonds is 7. The molecule has 0 radical (unpaired) electrons. The van der Waals surface area contributed by atoms with Gasteiger partial charge in [-0.15, -0.1) is 0 Å². The Hall–Kier alpha value is -3.66. The topological polar surface area (TPSA) is 55.4 Å². The average molecular weight is 496 g/mol. The molecule has 37 heavy (non-hydrogen) atoms. The lowest BCUT2D eigenvalue weighted by atomic mass is 9.94. The summed E-state index contributed by atoms with van der Waals surface area (Å²) in [5.41, 5.74) is 7.03. The summed E-state index contributed by atoms with van der Waals surface area (Å²) in [7, 11) is 1.63. The Kier molecular flexibility index (Phi) is 8.95. The Bertz CT molecular complexity index is 1240. The molecule has 0 fully saturated rings. The standard InChI is InChI=1S/C24H29NO3.C9H8/c1-16(2)8-13-22(26)28-23-20(15-19-6-4-5-7-21(19)23)14-17-9-11-18(12-10-17)24(27)25-3;1-2-5-9-7-3-6-8(9)4-1/h4-7,9-12,16,20,23H,8,13-15H2,1-3H3,(H,25,27);1-6H,7H2. The summed E-state index contributed by atoms with van der Waals surface area (Å²) in [5, 5.41) is 2.64. The van der Waals surface area contributed by atoms with E-state index in [4.69, 9.17) is 4.74 Å². The zero-order valence-corrected chi connectivity index (χ0v) is 22.1. The first-order chi connectivity index (χ1) is 17.9. The third-order valence-corrected chi connectivity index (χ3v) is 7.09. The van der Waals surface area contributed by atoms with Crippen LogP contribution < -0.4 is 5.32 Å². The van der Waals surface area contributed by atoms with Crippen LogP contribution in [0.2, 0.25) is 0 Å². The van der Waals surface area contributed by atoms with Crippen molar-refractivity contribution in [2.45, 2.75) is 52.1 Å². The number of nitrogens with one attached hydrogen (secondary N) is 1. The molecule has 0 aliphatic heterocycles. The van der Waals surface area contributed by atoms with E-state index in [-0.39, 0.29) is 23.9 Å². The zero-order chi connectivity index (χ0) is 26.2. The van der Waals surface area contributed by atoms with Crippen LogP contribution in [0.15, 0.2) is 78.9 Å². The van der Waals surface area contributed by atoms with E-state index in [1.54, 1.807) is 7.05 Å². The van der Waals surface area contributed by atoms with Gasteiger partial charge in [0.05, 0.1) is 0 Å². The van der Waals surface area contributed by atoms with Gasteiger partial charge < -0.3 is 10.1 Å². The normalized spacial score (nSPS) is 17.0. The van der Waals surface area contributed by atoms with Gasteiger partial charge in [-0.25, -0.2) is 0 Å². The van der Waals surface area contributed by atoms with Gasteiger partial charge in [0, 0.05) is 24.9 Å². The molecule has 4 heteroatoms. The minimum absolute atomic E-state index is 0.0863. The molecule has 0 saturated carbocycles. The predicted molar refractivity (Wildman–Crippen MR) is 149 cm³/mol. The summed E-state index contributed by atoms with van der Waals surface area (Å²) in [6, 6.07) is 24.4. The van der Waals surface area contributed by atoms with Crippen LogP contribution in [-0.2, 0) is 28.8 Å². The summed E-state index contributed by atoms with van der Waals surface area (Å²) in [6.07, 6.45) is 8.31. The minimum atomic E-state index is -0.200. The summed E-state index contributed by atoms with van der Waals surface area (Å²) in [6.45, 7) is 4.23. The molecule has 0 saturated heterocycles. The van der Waals surface area contributed by atoms with E-state index in [0.29, 0.717) is 17.9 Å². The molecule has 2 aliphatic rings. The van der Waals surface area contributed by atoms with E-state index in [2.05, 4.69) is 67.7 Å². The first-order valence-electron chi connectivity index (χ1n) is 13.3. The molecule has 4 nitrogen and oxygen atoms in total. The van der Waals surface area contributed by atoms with Crippen molar-refractivity contribution in [1.82, 2.24) is 5.32 Å². The molecule has 0 bridgehead atoms. The van der Waals surface area contributed by atoms with E-state index in [0.717, 1.165) is 36.8 Å². The number of ether oxygens (including phenoxy) is 1. The number of allylic oxidation sites excluding steroid dienone is 1. The van der Waals surface area contributed by atoms with Crippen LogP contribution in [0.4, 0.5) is 0 Å². The highest BCUT2D eigenvalue weighted by Crippen LogP contribution is 2.40. The van der Waals surface area contributed by atoms with Crippen LogP contribution in [0.1, 0.15) is 71.0 Å². The fourth-order valence-corrected chi connectivity index (χ4v) is 5.02. The number of carbonyl (C=O) groups is 2. The van der Waals surface area contributed by atoms with Gasteiger partial charge in [0.1, 0.15) is 6.10 Å². The number of fused-ring (bicyclic) bond motifs is 2. The van der Waals surface area contributed by atoms with Gasteiger partial charge in [-0.1, -0.05) is 86.7 Å². The summed E-state index contributed by atoms with van der Waals surface area (Å²) < 4.78 is 5.95. The van der Waals surface area contributed by atoms with Crippen LogP contribution in [0.5, 0.6) is 0 Å². The molecule has 3 aromatic carbocycles. The quantitative estimate of drug-likeness (QED) is 0.370. The molecule has 1 amide bonds. The van der Waals surface area contributed by atoms with Crippen LogP contribution in [0.3, 0.4) is 0 Å². The number of carbonyl (C=O) groups excluding carboxylic acids is 2. The highest BCUT2D eigenvalue weighted by atomic mass is 16.5. The maximum atomic E-state index is 12.4. The first-order valence-corrected chi connectivity index (χ1v) is 13.3. The van der Waals surface area contributed by atoms with E-state index >= 15 is 0 Å². The van der Waals surface area contributed by atoms with Gasteiger partial charge in [0.25, 0.3) is 5.91 Å². The number of hydrogen-bond donors (Lipinski definition) is 1. The average Bonchev–Trinajstić information content (AvgIpc) is 3.53. The summed E-state index contributed by atoms with van der Waals surface area (Å²) in [4.78, 5) is 24.1. The monoisotopic (exact) mass is 495 g/mol. The van der Waals surface area contributed by atoms with Crippen LogP contribution >= 0.6 is 0 Å². The Morgan fingerprint density at radius 3 is 2.35 bits per heavy atom. The zero-order valence-electron chi connectivity index (χ0n) is 22.1. The number of esters is 1. The van der Waals surface area contributed by atoms with Crippen molar-refractivity contribution in [2.75, 3.05) is 7.05 Å². The Labute approximate surface area is 220 Å². The second-order valence-electron chi connectivity index (χ2n) is 10.3. The third-order valence-electron chi connectivity index (χ3n) is 7.09. The molecule has 5 rings (SSSR count). The second-order valence-corrected chi connectivity index (χ2v) is 10.3. The highest BCUT2D eigenvalue weighted by molar-refractivity contribution is 5.93. The molecule has 1 N–H and O–H groups in total. The van der Waals surface area contributed by atoms with E-state index in [9.17, 15) is 9.59 Å². The lowest BCUT2D eigenvalue weighted by Crippen LogP contribution is -2.19. The number of hydrogen-bond acceptors (Lipinski definition) is 3. The second kappa shape index (κ2) is 12.5. The van der Waals surface area contributed by atoms with E-state index < -0.39 is 0 Å². The molecule has 2 aliphatic carbocycles. The summed E-state index contributed by atoms with van der Waals surface area (Å²) >= 11 is 0. The van der Waals surface area contributed by atoms with E-state index in [1.807, 2.05) is 36.4 Å². The van der Waals surface area contributed by atoms with Gasteiger partial charge >= 0.3 is 5.97 Å². The Balaban J connectivity index is 0.000000295. The number of amides is 1. The van der Waals surface area contributed by atoms with Crippen molar-refractivity contribution in [3.8, 4) is 0 Å². The predicted octanol–water partition coefficient (Wildman–Crippen LogP) is 6.74. The molecular formula is C33H37NO3. The number of benzene rings is 3. The molecule has 3 aromatic rings. The largest absolute Gasteiger partial charge is 0.457 e. The van der Waals surface area contributed by atoms with Gasteiger partial charge in [0.2, 0.25) is 0 Å². The minimum Gasteiger partial charge on any atom is -0.457 e. The maximum Gasteiger partial charge on any atom is 0.306 e. The fourth-order valence-electron chi connectivity index (χ4n) is 5.02. The molecular weight excluding hydrogens is 458 g/mol. The van der Waals surface area contributed by atoms with Crippen LogP contribution in [0.25, 0.3) is 6.08 Å². The third kappa shape index (κ3) is 6.97.